The van der Waals surface area contributed by atoms with E-state index in [1.54, 1.807) is 0 Å². The molecule has 1 heterocycles. The number of aliphatic hydroxyl groups excluding tert-OH is 1. The summed E-state index contributed by atoms with van der Waals surface area (Å²) in [5.74, 6) is 0.301. The molecule has 1 aliphatic heterocycles. The summed E-state index contributed by atoms with van der Waals surface area (Å²) in [7, 11) is 0. The van der Waals surface area contributed by atoms with Crippen LogP contribution in [0.15, 0.2) is 0 Å². The van der Waals surface area contributed by atoms with Crippen molar-refractivity contribution in [3.63, 3.8) is 0 Å². The zero-order valence-electron chi connectivity index (χ0n) is 11.9. The number of amides is 1. The van der Waals surface area contributed by atoms with Crippen LogP contribution < -0.4 is 5.73 Å². The van der Waals surface area contributed by atoms with Gasteiger partial charge in [-0.1, -0.05) is 19.3 Å². The second kappa shape index (κ2) is 6.71. The smallest absolute Gasteiger partial charge is 0.230 e. The van der Waals surface area contributed by atoms with Gasteiger partial charge in [0.05, 0.1) is 5.41 Å². The van der Waals surface area contributed by atoms with Gasteiger partial charge in [-0.15, -0.1) is 0 Å². The maximum Gasteiger partial charge on any atom is 0.230 e. The molecule has 4 nitrogen and oxygen atoms in total. The van der Waals surface area contributed by atoms with E-state index in [1.807, 2.05) is 0 Å². The molecule has 0 aromatic rings. The van der Waals surface area contributed by atoms with Gasteiger partial charge in [-0.05, 0) is 38.5 Å². The second-order valence-electron chi connectivity index (χ2n) is 6.21. The molecule has 4 heteroatoms. The van der Waals surface area contributed by atoms with E-state index in [-0.39, 0.29) is 12.0 Å². The Kier molecular flexibility index (Phi) is 5.22. The van der Waals surface area contributed by atoms with Gasteiger partial charge in [-0.3, -0.25) is 4.79 Å². The minimum atomic E-state index is -0.278. The fourth-order valence-corrected chi connectivity index (χ4v) is 3.77. The van der Waals surface area contributed by atoms with Crippen LogP contribution in [-0.4, -0.2) is 41.7 Å². The number of carbonyl (C=O) groups excluding carboxylic acids is 1. The topological polar surface area (TPSA) is 66.6 Å². The second-order valence-corrected chi connectivity index (χ2v) is 6.21. The SMILES string of the molecule is NCC1(C(=O)N2CCCC2CCCO)CCCCC1. The molecule has 19 heavy (non-hydrogen) atoms. The summed E-state index contributed by atoms with van der Waals surface area (Å²) in [6, 6.07) is 0.338. The summed E-state index contributed by atoms with van der Waals surface area (Å²) < 4.78 is 0. The Balaban J connectivity index is 2.03. The third-order valence-corrected chi connectivity index (χ3v) is 4.99. The number of rotatable bonds is 5. The third kappa shape index (κ3) is 3.11. The summed E-state index contributed by atoms with van der Waals surface area (Å²) in [4.78, 5) is 15.0. The number of nitrogens with two attached hydrogens (primary N) is 1. The van der Waals surface area contributed by atoms with Crippen LogP contribution in [-0.2, 0) is 4.79 Å². The van der Waals surface area contributed by atoms with Crippen molar-refractivity contribution in [2.45, 2.75) is 63.8 Å². The Morgan fingerprint density at radius 3 is 2.63 bits per heavy atom. The van der Waals surface area contributed by atoms with Gasteiger partial charge in [-0.25, -0.2) is 0 Å². The first-order chi connectivity index (χ1) is 9.23. The van der Waals surface area contributed by atoms with Gasteiger partial charge < -0.3 is 15.7 Å². The molecule has 0 aromatic heterocycles. The molecule has 1 unspecified atom stereocenters. The van der Waals surface area contributed by atoms with Crippen molar-refractivity contribution < 1.29 is 9.90 Å². The van der Waals surface area contributed by atoms with E-state index in [0.29, 0.717) is 18.5 Å². The largest absolute Gasteiger partial charge is 0.396 e. The molecular formula is C15H28N2O2. The Bertz CT molecular complexity index is 301. The van der Waals surface area contributed by atoms with Crippen LogP contribution >= 0.6 is 0 Å². The highest BCUT2D eigenvalue weighted by Gasteiger charge is 2.43. The molecule has 2 aliphatic rings. The molecule has 1 saturated carbocycles. The number of likely N-dealkylation sites (tertiary alicyclic amines) is 1. The number of aliphatic hydroxyl groups is 1. The molecular weight excluding hydrogens is 240 g/mol. The van der Waals surface area contributed by atoms with Crippen molar-refractivity contribution in [1.82, 2.24) is 4.90 Å². The maximum absolute atomic E-state index is 12.9. The molecule has 0 radical (unpaired) electrons. The summed E-state index contributed by atoms with van der Waals surface area (Å²) in [5, 5.41) is 8.97. The predicted molar refractivity (Wildman–Crippen MR) is 75.6 cm³/mol. The van der Waals surface area contributed by atoms with Crippen molar-refractivity contribution in [2.75, 3.05) is 19.7 Å². The maximum atomic E-state index is 12.9. The lowest BCUT2D eigenvalue weighted by Crippen LogP contribution is -2.50. The number of carbonyl (C=O) groups is 1. The lowest BCUT2D eigenvalue weighted by Gasteiger charge is -2.39. The van der Waals surface area contributed by atoms with Crippen molar-refractivity contribution >= 4 is 5.91 Å². The summed E-state index contributed by atoms with van der Waals surface area (Å²) >= 11 is 0. The molecule has 1 atom stereocenters. The summed E-state index contributed by atoms with van der Waals surface area (Å²) in [6.45, 7) is 1.60. The van der Waals surface area contributed by atoms with Crippen LogP contribution in [0.2, 0.25) is 0 Å². The van der Waals surface area contributed by atoms with E-state index in [4.69, 9.17) is 10.8 Å². The molecule has 0 bridgehead atoms. The van der Waals surface area contributed by atoms with Crippen LogP contribution in [0.25, 0.3) is 0 Å². The van der Waals surface area contributed by atoms with E-state index in [1.165, 1.54) is 6.42 Å². The fourth-order valence-electron chi connectivity index (χ4n) is 3.77. The fraction of sp³-hybridized carbons (Fsp3) is 0.933. The highest BCUT2D eigenvalue weighted by molar-refractivity contribution is 5.83. The van der Waals surface area contributed by atoms with E-state index < -0.39 is 0 Å². The van der Waals surface area contributed by atoms with Crippen LogP contribution in [0.4, 0.5) is 0 Å². The van der Waals surface area contributed by atoms with Gasteiger partial charge in [0.1, 0.15) is 0 Å². The van der Waals surface area contributed by atoms with Crippen LogP contribution in [0.3, 0.4) is 0 Å². The van der Waals surface area contributed by atoms with E-state index in [0.717, 1.165) is 57.9 Å². The van der Waals surface area contributed by atoms with E-state index in [2.05, 4.69) is 4.90 Å². The molecule has 2 rings (SSSR count). The van der Waals surface area contributed by atoms with Gasteiger partial charge >= 0.3 is 0 Å². The van der Waals surface area contributed by atoms with Gasteiger partial charge in [0.15, 0.2) is 0 Å². The summed E-state index contributed by atoms with van der Waals surface area (Å²) in [6.07, 6.45) is 9.36. The highest BCUT2D eigenvalue weighted by Crippen LogP contribution is 2.39. The average molecular weight is 268 g/mol. The molecule has 0 aromatic carbocycles. The van der Waals surface area contributed by atoms with Gasteiger partial charge in [-0.2, -0.15) is 0 Å². The van der Waals surface area contributed by atoms with Crippen LogP contribution in [0, 0.1) is 5.41 Å². The standard InChI is InChI=1S/C15H28N2O2/c16-12-15(8-2-1-3-9-15)14(19)17-10-4-6-13(17)7-5-11-18/h13,18H,1-12,16H2. The molecule has 110 valence electrons. The van der Waals surface area contributed by atoms with Gasteiger partial charge in [0.25, 0.3) is 0 Å². The van der Waals surface area contributed by atoms with Crippen molar-refractivity contribution in [3.8, 4) is 0 Å². The Labute approximate surface area is 116 Å². The van der Waals surface area contributed by atoms with E-state index >= 15 is 0 Å². The first-order valence-electron chi connectivity index (χ1n) is 7.85. The minimum absolute atomic E-state index is 0.223. The molecule has 3 N–H and O–H groups in total. The van der Waals surface area contributed by atoms with Crippen molar-refractivity contribution in [1.29, 1.82) is 0 Å². The molecule has 1 amide bonds. The molecule has 1 aliphatic carbocycles. The number of hydrogen-bond donors (Lipinski definition) is 2. The summed E-state index contributed by atoms with van der Waals surface area (Å²) in [5.41, 5.74) is 5.69. The first-order valence-corrected chi connectivity index (χ1v) is 7.85. The van der Waals surface area contributed by atoms with Crippen LogP contribution in [0.5, 0.6) is 0 Å². The van der Waals surface area contributed by atoms with Gasteiger partial charge in [0, 0.05) is 25.7 Å². The van der Waals surface area contributed by atoms with Gasteiger partial charge in [0.2, 0.25) is 5.91 Å². The predicted octanol–water partition coefficient (Wildman–Crippen LogP) is 1.66. The van der Waals surface area contributed by atoms with Crippen molar-refractivity contribution in [3.05, 3.63) is 0 Å². The zero-order valence-corrected chi connectivity index (χ0v) is 11.9. The van der Waals surface area contributed by atoms with Crippen molar-refractivity contribution in [2.24, 2.45) is 11.1 Å². The minimum Gasteiger partial charge on any atom is -0.396 e. The lowest BCUT2D eigenvalue weighted by atomic mass is 9.73. The molecule has 2 fully saturated rings. The first kappa shape index (κ1) is 14.8. The zero-order chi connectivity index (χ0) is 13.7. The number of nitrogens with zero attached hydrogens (tertiary/aromatic N) is 1. The third-order valence-electron chi connectivity index (χ3n) is 4.99. The molecule has 1 saturated heterocycles. The Hall–Kier alpha value is -0.610. The molecule has 0 spiro atoms. The average Bonchev–Trinajstić information content (AvgIpc) is 2.93. The highest BCUT2D eigenvalue weighted by atomic mass is 16.3. The monoisotopic (exact) mass is 268 g/mol. The van der Waals surface area contributed by atoms with E-state index in [9.17, 15) is 4.79 Å². The normalized spacial score (nSPS) is 26.6. The Morgan fingerprint density at radius 2 is 2.00 bits per heavy atom. The lowest BCUT2D eigenvalue weighted by molar-refractivity contribution is -0.144. The Morgan fingerprint density at radius 1 is 1.26 bits per heavy atom. The quantitative estimate of drug-likeness (QED) is 0.797. The number of hydrogen-bond acceptors (Lipinski definition) is 3. The van der Waals surface area contributed by atoms with Crippen LogP contribution in [0.1, 0.15) is 57.8 Å².